The third-order valence-electron chi connectivity index (χ3n) is 3.69. The number of nitrogens with one attached hydrogen (secondary N) is 1. The van der Waals surface area contributed by atoms with Gasteiger partial charge in [-0.15, -0.1) is 0 Å². The molecule has 0 amide bonds. The molecule has 2 rings (SSSR count). The van der Waals surface area contributed by atoms with Crippen molar-refractivity contribution in [3.05, 3.63) is 52.6 Å². The number of aryl methyl sites for hydroxylation is 1. The molecule has 1 aromatic heterocycles. The van der Waals surface area contributed by atoms with E-state index in [0.717, 1.165) is 17.8 Å². The van der Waals surface area contributed by atoms with E-state index in [1.54, 1.807) is 0 Å². The molecule has 0 saturated heterocycles. The lowest BCUT2D eigenvalue weighted by atomic mass is 9.99. The molecule has 1 N–H and O–H groups in total. The van der Waals surface area contributed by atoms with Crippen LogP contribution < -0.4 is 5.32 Å². The second-order valence-electron chi connectivity index (χ2n) is 5.33. The van der Waals surface area contributed by atoms with Crippen molar-refractivity contribution in [2.45, 2.75) is 33.2 Å². The Morgan fingerprint density at radius 1 is 1.25 bits per heavy atom. The smallest absolute Gasteiger partial charge is 0.123 e. The Balaban J connectivity index is 2.25. The lowest BCUT2D eigenvalue weighted by Crippen LogP contribution is -2.16. The summed E-state index contributed by atoms with van der Waals surface area (Å²) < 4.78 is 14.9. The SMILES string of the molecule is CNCC(C)c1c(C)nn(Cc2ccc(F)cc2)c1C. The van der Waals surface area contributed by atoms with E-state index in [4.69, 9.17) is 0 Å². The quantitative estimate of drug-likeness (QED) is 0.909. The van der Waals surface area contributed by atoms with E-state index in [9.17, 15) is 4.39 Å². The van der Waals surface area contributed by atoms with Gasteiger partial charge in [0, 0.05) is 17.8 Å². The molecule has 4 heteroatoms. The lowest BCUT2D eigenvalue weighted by Gasteiger charge is -2.12. The summed E-state index contributed by atoms with van der Waals surface area (Å²) in [6.07, 6.45) is 0. The fourth-order valence-electron chi connectivity index (χ4n) is 2.75. The van der Waals surface area contributed by atoms with Crippen LogP contribution in [-0.4, -0.2) is 23.4 Å². The van der Waals surface area contributed by atoms with E-state index >= 15 is 0 Å². The first-order valence-corrected chi connectivity index (χ1v) is 6.96. The van der Waals surface area contributed by atoms with Crippen molar-refractivity contribution in [3.8, 4) is 0 Å². The summed E-state index contributed by atoms with van der Waals surface area (Å²) in [6.45, 7) is 7.97. The number of nitrogens with zero attached hydrogens (tertiary/aromatic N) is 2. The lowest BCUT2D eigenvalue weighted by molar-refractivity contribution is 0.622. The van der Waals surface area contributed by atoms with Gasteiger partial charge in [-0.25, -0.2) is 4.39 Å². The van der Waals surface area contributed by atoms with Crippen LogP contribution in [-0.2, 0) is 6.54 Å². The van der Waals surface area contributed by atoms with E-state index in [2.05, 4.69) is 31.2 Å². The number of hydrogen-bond acceptors (Lipinski definition) is 2. The first kappa shape index (κ1) is 14.7. The van der Waals surface area contributed by atoms with Gasteiger partial charge in [0.25, 0.3) is 0 Å². The van der Waals surface area contributed by atoms with Gasteiger partial charge >= 0.3 is 0 Å². The molecule has 0 radical (unpaired) electrons. The van der Waals surface area contributed by atoms with Crippen LogP contribution in [0.3, 0.4) is 0 Å². The van der Waals surface area contributed by atoms with E-state index in [1.807, 2.05) is 23.9 Å². The molecular weight excluding hydrogens is 253 g/mol. The average molecular weight is 275 g/mol. The fraction of sp³-hybridized carbons (Fsp3) is 0.438. The molecule has 1 aromatic carbocycles. The average Bonchev–Trinajstić information content (AvgIpc) is 2.67. The normalized spacial score (nSPS) is 12.7. The first-order valence-electron chi connectivity index (χ1n) is 6.96. The van der Waals surface area contributed by atoms with Gasteiger partial charge in [0.1, 0.15) is 5.82 Å². The fourth-order valence-corrected chi connectivity index (χ4v) is 2.75. The molecule has 0 spiro atoms. The molecule has 1 heterocycles. The molecule has 0 aliphatic heterocycles. The van der Waals surface area contributed by atoms with Crippen molar-refractivity contribution in [2.24, 2.45) is 0 Å². The molecule has 0 fully saturated rings. The van der Waals surface area contributed by atoms with Crippen LogP contribution in [0.4, 0.5) is 4.39 Å². The van der Waals surface area contributed by atoms with Crippen molar-refractivity contribution in [3.63, 3.8) is 0 Å². The summed E-state index contributed by atoms with van der Waals surface area (Å²) in [6, 6.07) is 6.60. The first-order chi connectivity index (χ1) is 9.52. The third kappa shape index (κ3) is 3.07. The van der Waals surface area contributed by atoms with Crippen LogP contribution in [0, 0.1) is 19.7 Å². The topological polar surface area (TPSA) is 29.9 Å². The molecule has 2 aromatic rings. The maximum Gasteiger partial charge on any atom is 0.123 e. The van der Waals surface area contributed by atoms with Crippen LogP contribution in [0.25, 0.3) is 0 Å². The van der Waals surface area contributed by atoms with Gasteiger partial charge in [-0.1, -0.05) is 19.1 Å². The molecule has 0 aliphatic carbocycles. The Morgan fingerprint density at radius 3 is 2.50 bits per heavy atom. The highest BCUT2D eigenvalue weighted by atomic mass is 19.1. The molecule has 0 saturated carbocycles. The van der Waals surface area contributed by atoms with Gasteiger partial charge in [-0.05, 0) is 44.5 Å². The summed E-state index contributed by atoms with van der Waals surface area (Å²) in [5, 5.41) is 7.83. The summed E-state index contributed by atoms with van der Waals surface area (Å²) in [7, 11) is 1.96. The molecule has 3 nitrogen and oxygen atoms in total. The maximum atomic E-state index is 12.9. The van der Waals surface area contributed by atoms with Crippen LogP contribution in [0.1, 0.15) is 35.4 Å². The van der Waals surface area contributed by atoms with Gasteiger partial charge < -0.3 is 5.32 Å². The zero-order valence-corrected chi connectivity index (χ0v) is 12.6. The predicted octanol–water partition coefficient (Wildman–Crippen LogP) is 3.01. The molecule has 20 heavy (non-hydrogen) atoms. The second-order valence-corrected chi connectivity index (χ2v) is 5.33. The number of aromatic nitrogens is 2. The van der Waals surface area contributed by atoms with Gasteiger partial charge in [-0.3, -0.25) is 4.68 Å². The minimum atomic E-state index is -0.203. The Hall–Kier alpha value is -1.68. The molecule has 0 aliphatic rings. The van der Waals surface area contributed by atoms with E-state index in [1.165, 1.54) is 23.4 Å². The van der Waals surface area contributed by atoms with Crippen molar-refractivity contribution in [2.75, 3.05) is 13.6 Å². The van der Waals surface area contributed by atoms with Gasteiger partial charge in [0.15, 0.2) is 0 Å². The largest absolute Gasteiger partial charge is 0.319 e. The Morgan fingerprint density at radius 2 is 1.90 bits per heavy atom. The standard InChI is InChI=1S/C16H22FN3/c1-11(9-18-4)16-12(2)19-20(13(16)3)10-14-5-7-15(17)8-6-14/h5-8,11,18H,9-10H2,1-4H3. The molecule has 0 bridgehead atoms. The Labute approximate surface area is 119 Å². The van der Waals surface area contributed by atoms with Gasteiger partial charge in [0.05, 0.1) is 12.2 Å². The monoisotopic (exact) mass is 275 g/mol. The summed E-state index contributed by atoms with van der Waals surface area (Å²) in [5.74, 6) is 0.229. The van der Waals surface area contributed by atoms with Crippen LogP contribution in [0.5, 0.6) is 0 Å². The van der Waals surface area contributed by atoms with E-state index < -0.39 is 0 Å². The number of rotatable bonds is 5. The van der Waals surface area contributed by atoms with Gasteiger partial charge in [-0.2, -0.15) is 5.10 Å². The highest BCUT2D eigenvalue weighted by Gasteiger charge is 2.17. The minimum Gasteiger partial charge on any atom is -0.319 e. The number of likely N-dealkylation sites (N-methyl/N-ethyl adjacent to an activating group) is 1. The summed E-state index contributed by atoms with van der Waals surface area (Å²) in [4.78, 5) is 0. The van der Waals surface area contributed by atoms with Crippen LogP contribution >= 0.6 is 0 Å². The third-order valence-corrected chi connectivity index (χ3v) is 3.69. The zero-order valence-electron chi connectivity index (χ0n) is 12.6. The molecular formula is C16H22FN3. The van der Waals surface area contributed by atoms with Gasteiger partial charge in [0.2, 0.25) is 0 Å². The highest BCUT2D eigenvalue weighted by molar-refractivity contribution is 5.29. The zero-order chi connectivity index (χ0) is 14.7. The van der Waals surface area contributed by atoms with E-state index in [0.29, 0.717) is 12.5 Å². The molecule has 1 atom stereocenters. The minimum absolute atomic E-state index is 0.203. The van der Waals surface area contributed by atoms with Crippen LogP contribution in [0.2, 0.25) is 0 Å². The van der Waals surface area contributed by atoms with E-state index in [-0.39, 0.29) is 5.82 Å². The van der Waals surface area contributed by atoms with Crippen molar-refractivity contribution in [1.29, 1.82) is 0 Å². The Bertz CT molecular complexity index is 572. The number of hydrogen-bond donors (Lipinski definition) is 1. The highest BCUT2D eigenvalue weighted by Crippen LogP contribution is 2.23. The van der Waals surface area contributed by atoms with Crippen LogP contribution in [0.15, 0.2) is 24.3 Å². The molecule has 1 unspecified atom stereocenters. The Kier molecular flexibility index (Phi) is 4.55. The summed E-state index contributed by atoms with van der Waals surface area (Å²) in [5.41, 5.74) is 4.63. The number of halogens is 1. The van der Waals surface area contributed by atoms with Crippen molar-refractivity contribution in [1.82, 2.24) is 15.1 Å². The second kappa shape index (κ2) is 6.18. The van der Waals surface area contributed by atoms with Crippen molar-refractivity contribution >= 4 is 0 Å². The summed E-state index contributed by atoms with van der Waals surface area (Å²) >= 11 is 0. The van der Waals surface area contributed by atoms with Crippen molar-refractivity contribution < 1.29 is 4.39 Å². The predicted molar refractivity (Wildman–Crippen MR) is 79.5 cm³/mol. The molecule has 108 valence electrons. The maximum absolute atomic E-state index is 12.9. The number of benzene rings is 1.